The van der Waals surface area contributed by atoms with E-state index in [-0.39, 0.29) is 17.7 Å². The molecule has 29 heavy (non-hydrogen) atoms. The van der Waals surface area contributed by atoms with Gasteiger partial charge in [0.25, 0.3) is 5.69 Å². The number of rotatable bonds is 6. The van der Waals surface area contributed by atoms with Crippen molar-refractivity contribution in [1.82, 2.24) is 0 Å². The van der Waals surface area contributed by atoms with Crippen molar-refractivity contribution in [1.29, 1.82) is 5.26 Å². The van der Waals surface area contributed by atoms with Crippen molar-refractivity contribution in [2.24, 2.45) is 5.92 Å². The van der Waals surface area contributed by atoms with Gasteiger partial charge in [-0.15, -0.1) is 0 Å². The van der Waals surface area contributed by atoms with Crippen molar-refractivity contribution >= 4 is 28.4 Å². The number of carbonyl (C=O) groups is 2. The van der Waals surface area contributed by atoms with E-state index in [0.29, 0.717) is 10.8 Å². The molecule has 152 valence electrons. The highest BCUT2D eigenvalue weighted by Crippen LogP contribution is 2.37. The van der Waals surface area contributed by atoms with Crippen molar-refractivity contribution in [3.8, 4) is 6.07 Å². The second-order valence-corrected chi connectivity index (χ2v) is 7.51. The summed E-state index contributed by atoms with van der Waals surface area (Å²) in [5.74, 6) is -4.16. The minimum absolute atomic E-state index is 0.133. The summed E-state index contributed by atoms with van der Waals surface area (Å²) in [6.07, 6.45) is -0.294. The zero-order valence-electron chi connectivity index (χ0n) is 16.7. The Morgan fingerprint density at radius 2 is 1.83 bits per heavy atom. The van der Waals surface area contributed by atoms with E-state index in [0.717, 1.165) is 7.11 Å². The molecule has 0 amide bonds. The number of ether oxygens (including phenoxy) is 2. The maximum absolute atomic E-state index is 12.5. The predicted octanol–water partition coefficient (Wildman–Crippen LogP) is 3.88. The van der Waals surface area contributed by atoms with Crippen LogP contribution in [0.25, 0.3) is 10.8 Å². The number of benzene rings is 2. The highest BCUT2D eigenvalue weighted by molar-refractivity contribution is 5.95. The lowest BCUT2D eigenvalue weighted by molar-refractivity contribution is -0.383. The number of methoxy groups -OCH3 is 1. The van der Waals surface area contributed by atoms with E-state index in [2.05, 4.69) is 0 Å². The molecule has 2 unspecified atom stereocenters. The minimum atomic E-state index is -1.38. The van der Waals surface area contributed by atoms with E-state index < -0.39 is 34.3 Å². The van der Waals surface area contributed by atoms with Gasteiger partial charge in [0.05, 0.1) is 29.4 Å². The maximum Gasteiger partial charge on any atom is 0.320 e. The largest absolute Gasteiger partial charge is 0.468 e. The molecule has 2 rings (SSSR count). The van der Waals surface area contributed by atoms with Gasteiger partial charge in [0.2, 0.25) is 0 Å². The lowest BCUT2D eigenvalue weighted by Gasteiger charge is -2.24. The maximum atomic E-state index is 12.5. The zero-order valence-corrected chi connectivity index (χ0v) is 16.7. The molecule has 0 saturated carbocycles. The molecule has 0 radical (unpaired) electrons. The summed E-state index contributed by atoms with van der Waals surface area (Å²) in [7, 11) is 1.12. The Hall–Kier alpha value is -3.47. The van der Waals surface area contributed by atoms with Gasteiger partial charge in [0, 0.05) is 5.56 Å². The van der Waals surface area contributed by atoms with Crippen LogP contribution in [0, 0.1) is 27.4 Å². The van der Waals surface area contributed by atoms with E-state index >= 15 is 0 Å². The van der Waals surface area contributed by atoms with Crippen LogP contribution in [0.15, 0.2) is 36.4 Å². The first kappa shape index (κ1) is 21.8. The molecular weight excluding hydrogens is 376 g/mol. The molecule has 0 saturated heterocycles. The summed E-state index contributed by atoms with van der Waals surface area (Å²) in [5.41, 5.74) is -0.934. The molecule has 0 aliphatic heterocycles. The van der Waals surface area contributed by atoms with Crippen molar-refractivity contribution in [2.45, 2.75) is 38.7 Å². The number of fused-ring (bicyclic) bond motifs is 1. The van der Waals surface area contributed by atoms with Crippen molar-refractivity contribution in [3.63, 3.8) is 0 Å². The minimum Gasteiger partial charge on any atom is -0.468 e. The summed E-state index contributed by atoms with van der Waals surface area (Å²) in [4.78, 5) is 35.9. The number of esters is 2. The third-order valence-corrected chi connectivity index (χ3v) is 4.29. The molecular formula is C21H22N2O6. The Balaban J connectivity index is 2.50. The molecule has 0 N–H and O–H groups in total. The fourth-order valence-corrected chi connectivity index (χ4v) is 3.05. The van der Waals surface area contributed by atoms with Crippen molar-refractivity contribution in [2.75, 3.05) is 7.11 Å². The Morgan fingerprint density at radius 3 is 2.38 bits per heavy atom. The normalized spacial score (nSPS) is 13.2. The summed E-state index contributed by atoms with van der Waals surface area (Å²) >= 11 is 0. The summed E-state index contributed by atoms with van der Waals surface area (Å²) in [6.45, 7) is 4.94. The highest BCUT2D eigenvalue weighted by Gasteiger charge is 2.37. The van der Waals surface area contributed by atoms with Crippen molar-refractivity contribution in [3.05, 3.63) is 52.1 Å². The summed E-state index contributed by atoms with van der Waals surface area (Å²) in [6, 6.07) is 11.9. The van der Waals surface area contributed by atoms with Crippen LogP contribution in [0.1, 0.15) is 38.7 Å². The van der Waals surface area contributed by atoms with Crippen LogP contribution in [-0.2, 0) is 19.1 Å². The number of carbonyl (C=O) groups excluding carboxylic acids is 2. The molecule has 0 heterocycles. The van der Waals surface area contributed by atoms with Gasteiger partial charge in [-0.3, -0.25) is 19.7 Å². The molecule has 2 aromatic rings. The van der Waals surface area contributed by atoms with E-state index in [4.69, 9.17) is 9.47 Å². The van der Waals surface area contributed by atoms with Gasteiger partial charge in [-0.2, -0.15) is 5.26 Å². The second kappa shape index (κ2) is 8.69. The van der Waals surface area contributed by atoms with Gasteiger partial charge < -0.3 is 9.47 Å². The van der Waals surface area contributed by atoms with Crippen LogP contribution in [0.5, 0.6) is 0 Å². The molecule has 2 aromatic carbocycles. The van der Waals surface area contributed by atoms with Crippen LogP contribution in [0.2, 0.25) is 0 Å². The van der Waals surface area contributed by atoms with Gasteiger partial charge in [0.1, 0.15) is 5.60 Å². The van der Waals surface area contributed by atoms with Crippen molar-refractivity contribution < 1.29 is 24.0 Å². The molecule has 0 bridgehead atoms. The lowest BCUT2D eigenvalue weighted by Crippen LogP contribution is -2.34. The Morgan fingerprint density at radius 1 is 1.17 bits per heavy atom. The number of nitrogens with zero attached hydrogens (tertiary/aromatic N) is 2. The first-order chi connectivity index (χ1) is 13.6. The zero-order chi connectivity index (χ0) is 21.8. The average molecular weight is 398 g/mol. The summed E-state index contributed by atoms with van der Waals surface area (Å²) in [5, 5.41) is 22.5. The van der Waals surface area contributed by atoms with E-state index in [9.17, 15) is 25.0 Å². The first-order valence-corrected chi connectivity index (χ1v) is 8.95. The van der Waals surface area contributed by atoms with E-state index in [1.54, 1.807) is 51.1 Å². The number of hydrogen-bond acceptors (Lipinski definition) is 7. The lowest BCUT2D eigenvalue weighted by atomic mass is 9.87. The smallest absolute Gasteiger partial charge is 0.320 e. The van der Waals surface area contributed by atoms with Gasteiger partial charge in [-0.05, 0) is 38.6 Å². The predicted molar refractivity (Wildman–Crippen MR) is 105 cm³/mol. The molecule has 0 aliphatic carbocycles. The van der Waals surface area contributed by atoms with Crippen LogP contribution < -0.4 is 0 Å². The molecule has 0 fully saturated rings. The Bertz CT molecular complexity index is 987. The SMILES string of the molecule is COC(=O)C(CC(C#N)c1ccc2ccccc2c1[N+](=O)[O-])C(=O)OC(C)(C)C. The fraction of sp³-hybridized carbons (Fsp3) is 0.381. The molecule has 0 spiro atoms. The fourth-order valence-electron chi connectivity index (χ4n) is 3.05. The number of nitro benzene ring substituents is 1. The van der Waals surface area contributed by atoms with Crippen LogP contribution in [0.4, 0.5) is 5.69 Å². The topological polar surface area (TPSA) is 120 Å². The average Bonchev–Trinajstić information content (AvgIpc) is 2.65. The van der Waals surface area contributed by atoms with E-state index in [1.807, 2.05) is 6.07 Å². The number of hydrogen-bond donors (Lipinski definition) is 0. The van der Waals surface area contributed by atoms with Crippen LogP contribution >= 0.6 is 0 Å². The standard InChI is InChI=1S/C21H22N2O6/c1-21(2,3)29-20(25)17(19(24)28-4)11-14(12-22)16-10-9-13-7-5-6-8-15(13)18(16)23(26)27/h5-10,14,17H,11H2,1-4H3. The number of nitriles is 1. The third kappa shape index (κ3) is 5.08. The van der Waals surface area contributed by atoms with Gasteiger partial charge >= 0.3 is 11.9 Å². The Kier molecular flexibility index (Phi) is 6.54. The van der Waals surface area contributed by atoms with E-state index in [1.165, 1.54) is 6.07 Å². The van der Waals surface area contributed by atoms with Gasteiger partial charge in [0.15, 0.2) is 5.92 Å². The van der Waals surface area contributed by atoms with Gasteiger partial charge in [-0.1, -0.05) is 30.3 Å². The number of nitro groups is 1. The Labute approximate surface area is 168 Å². The van der Waals surface area contributed by atoms with Gasteiger partial charge in [-0.25, -0.2) is 0 Å². The highest BCUT2D eigenvalue weighted by atomic mass is 16.6. The third-order valence-electron chi connectivity index (χ3n) is 4.29. The molecule has 2 atom stereocenters. The quantitative estimate of drug-likeness (QED) is 0.313. The van der Waals surface area contributed by atoms with Crippen LogP contribution in [-0.4, -0.2) is 29.6 Å². The molecule has 0 aliphatic rings. The first-order valence-electron chi connectivity index (χ1n) is 8.95. The monoisotopic (exact) mass is 398 g/mol. The summed E-state index contributed by atoms with van der Waals surface area (Å²) < 4.78 is 9.96. The molecule has 0 aromatic heterocycles. The molecule has 8 nitrogen and oxygen atoms in total. The van der Waals surface area contributed by atoms with Crippen LogP contribution in [0.3, 0.4) is 0 Å². The second-order valence-electron chi connectivity index (χ2n) is 7.51. The molecule has 8 heteroatoms.